The predicted molar refractivity (Wildman–Crippen MR) is 89.7 cm³/mol. The lowest BCUT2D eigenvalue weighted by Gasteiger charge is -2.10. The molecule has 7 nitrogen and oxygen atoms in total. The zero-order chi connectivity index (χ0) is 19.4. The molecule has 0 aliphatic carbocycles. The first kappa shape index (κ1) is 18.2. The number of rotatable bonds is 4. The third-order valence-electron chi connectivity index (χ3n) is 3.52. The number of anilines is 1. The molecule has 0 spiro atoms. The third kappa shape index (κ3) is 4.75. The van der Waals surface area contributed by atoms with E-state index >= 15 is 0 Å². The molecule has 0 radical (unpaired) electrons. The number of hydrogen-bond donors (Lipinski definition) is 3. The van der Waals surface area contributed by atoms with Gasteiger partial charge in [0.1, 0.15) is 5.75 Å². The molecule has 10 heteroatoms. The standard InChI is InChI=1S/C17H13F3N4O3/c18-17(19,20)27-11-3-1-2-10(6-11)7-23-15(25)16(26)24-14-9-22-13-4-5-21-8-12(13)14/h1-6,8-9,22H,7H2,(H,23,25)(H,24,26). The number of hydrogen-bond acceptors (Lipinski definition) is 4. The van der Waals surface area contributed by atoms with Crippen molar-refractivity contribution in [3.63, 3.8) is 0 Å². The van der Waals surface area contributed by atoms with Crippen LogP contribution in [0.4, 0.5) is 18.9 Å². The number of carbonyl (C=O) groups is 2. The van der Waals surface area contributed by atoms with Crippen LogP contribution in [0.3, 0.4) is 0 Å². The lowest BCUT2D eigenvalue weighted by molar-refractivity contribution is -0.274. The Morgan fingerprint density at radius 2 is 2.00 bits per heavy atom. The number of nitrogens with zero attached hydrogens (tertiary/aromatic N) is 1. The van der Waals surface area contributed by atoms with E-state index in [-0.39, 0.29) is 6.54 Å². The molecule has 0 saturated heterocycles. The Bertz CT molecular complexity index is 985. The summed E-state index contributed by atoms with van der Waals surface area (Å²) in [5, 5.41) is 5.42. The van der Waals surface area contributed by atoms with E-state index in [4.69, 9.17) is 0 Å². The fourth-order valence-corrected chi connectivity index (χ4v) is 2.36. The van der Waals surface area contributed by atoms with Crippen molar-refractivity contribution in [1.29, 1.82) is 0 Å². The normalized spacial score (nSPS) is 11.2. The molecule has 3 rings (SSSR count). The van der Waals surface area contributed by atoms with Crippen LogP contribution < -0.4 is 15.4 Å². The molecule has 2 heterocycles. The molecule has 0 aliphatic rings. The molecule has 2 aromatic heterocycles. The van der Waals surface area contributed by atoms with E-state index in [0.717, 1.165) is 17.6 Å². The molecule has 0 aliphatic heterocycles. The Labute approximate surface area is 150 Å². The molecule has 140 valence electrons. The van der Waals surface area contributed by atoms with E-state index < -0.39 is 23.9 Å². The largest absolute Gasteiger partial charge is 0.573 e. The summed E-state index contributed by atoms with van der Waals surface area (Å²) in [4.78, 5) is 30.8. The van der Waals surface area contributed by atoms with E-state index in [0.29, 0.717) is 16.6 Å². The smallest absolute Gasteiger partial charge is 0.406 e. The van der Waals surface area contributed by atoms with Gasteiger partial charge in [0.05, 0.1) is 11.2 Å². The second-order valence-electron chi connectivity index (χ2n) is 5.46. The van der Waals surface area contributed by atoms with Gasteiger partial charge in [0, 0.05) is 30.5 Å². The highest BCUT2D eigenvalue weighted by atomic mass is 19.4. The third-order valence-corrected chi connectivity index (χ3v) is 3.52. The van der Waals surface area contributed by atoms with Crippen LogP contribution in [0.2, 0.25) is 0 Å². The van der Waals surface area contributed by atoms with Gasteiger partial charge < -0.3 is 20.4 Å². The number of carbonyl (C=O) groups excluding carboxylic acids is 2. The molecule has 0 saturated carbocycles. The van der Waals surface area contributed by atoms with Gasteiger partial charge in [-0.3, -0.25) is 14.6 Å². The van der Waals surface area contributed by atoms with Crippen LogP contribution in [0.25, 0.3) is 10.9 Å². The minimum atomic E-state index is -4.81. The van der Waals surface area contributed by atoms with Crippen molar-refractivity contribution in [2.24, 2.45) is 0 Å². The zero-order valence-electron chi connectivity index (χ0n) is 13.6. The van der Waals surface area contributed by atoms with E-state index in [1.54, 1.807) is 12.3 Å². The van der Waals surface area contributed by atoms with Gasteiger partial charge in [0.25, 0.3) is 0 Å². The number of pyridine rings is 1. The first-order valence-electron chi connectivity index (χ1n) is 7.67. The van der Waals surface area contributed by atoms with Crippen molar-refractivity contribution in [1.82, 2.24) is 15.3 Å². The average Bonchev–Trinajstić information content (AvgIpc) is 3.01. The van der Waals surface area contributed by atoms with Gasteiger partial charge in [0.15, 0.2) is 0 Å². The van der Waals surface area contributed by atoms with Crippen LogP contribution in [0.1, 0.15) is 5.56 Å². The number of fused-ring (bicyclic) bond motifs is 1. The van der Waals surface area contributed by atoms with Gasteiger partial charge in [-0.15, -0.1) is 13.2 Å². The van der Waals surface area contributed by atoms with E-state index in [9.17, 15) is 22.8 Å². The summed E-state index contributed by atoms with van der Waals surface area (Å²) in [6.07, 6.45) is -0.176. The molecule has 0 bridgehead atoms. The second kappa shape index (κ2) is 7.36. The maximum absolute atomic E-state index is 12.2. The summed E-state index contributed by atoms with van der Waals surface area (Å²) < 4.78 is 40.5. The van der Waals surface area contributed by atoms with Gasteiger partial charge in [-0.2, -0.15) is 0 Å². The molecule has 3 aromatic rings. The van der Waals surface area contributed by atoms with E-state index in [1.807, 2.05) is 0 Å². The molecule has 27 heavy (non-hydrogen) atoms. The second-order valence-corrected chi connectivity index (χ2v) is 5.46. The summed E-state index contributed by atoms with van der Waals surface area (Å²) in [5.74, 6) is -2.26. The van der Waals surface area contributed by atoms with Gasteiger partial charge >= 0.3 is 18.2 Å². The quantitative estimate of drug-likeness (QED) is 0.608. The van der Waals surface area contributed by atoms with Gasteiger partial charge in [-0.25, -0.2) is 0 Å². The highest BCUT2D eigenvalue weighted by Gasteiger charge is 2.31. The van der Waals surface area contributed by atoms with Crippen molar-refractivity contribution in [2.45, 2.75) is 12.9 Å². The van der Waals surface area contributed by atoms with Crippen LogP contribution in [0.15, 0.2) is 48.9 Å². The summed E-state index contributed by atoms with van der Waals surface area (Å²) in [5.41, 5.74) is 1.47. The SMILES string of the molecule is O=C(NCc1cccc(OC(F)(F)F)c1)C(=O)Nc1c[nH]c2ccncc12. The fraction of sp³-hybridized carbons (Fsp3) is 0.118. The number of ether oxygens (including phenoxy) is 1. The molecule has 1 aromatic carbocycles. The Kier molecular flexibility index (Phi) is 4.97. The number of alkyl halides is 3. The monoisotopic (exact) mass is 378 g/mol. The fourth-order valence-electron chi connectivity index (χ4n) is 2.36. The highest BCUT2D eigenvalue weighted by Crippen LogP contribution is 2.23. The number of aromatic nitrogens is 2. The topological polar surface area (TPSA) is 96.1 Å². The van der Waals surface area contributed by atoms with Crippen molar-refractivity contribution >= 4 is 28.4 Å². The van der Waals surface area contributed by atoms with Crippen molar-refractivity contribution < 1.29 is 27.5 Å². The number of amides is 2. The number of nitrogens with one attached hydrogen (secondary N) is 3. The van der Waals surface area contributed by atoms with Crippen LogP contribution in [-0.2, 0) is 16.1 Å². The lowest BCUT2D eigenvalue weighted by atomic mass is 10.2. The maximum atomic E-state index is 12.2. The summed E-state index contributed by atoms with van der Waals surface area (Å²) in [7, 11) is 0. The van der Waals surface area contributed by atoms with E-state index in [1.165, 1.54) is 24.5 Å². The van der Waals surface area contributed by atoms with Gasteiger partial charge in [-0.1, -0.05) is 12.1 Å². The van der Waals surface area contributed by atoms with Crippen LogP contribution >= 0.6 is 0 Å². The lowest BCUT2D eigenvalue weighted by Crippen LogP contribution is -2.34. The summed E-state index contributed by atoms with van der Waals surface area (Å²) in [6, 6.07) is 6.81. The number of aromatic amines is 1. The number of benzene rings is 1. The Balaban J connectivity index is 1.59. The molecule has 2 amide bonds. The van der Waals surface area contributed by atoms with Crippen molar-refractivity contribution in [2.75, 3.05) is 5.32 Å². The average molecular weight is 378 g/mol. The molecule has 0 unspecified atom stereocenters. The summed E-state index contributed by atoms with van der Waals surface area (Å²) >= 11 is 0. The Morgan fingerprint density at radius 3 is 2.78 bits per heavy atom. The van der Waals surface area contributed by atoms with Crippen LogP contribution in [0.5, 0.6) is 5.75 Å². The van der Waals surface area contributed by atoms with Gasteiger partial charge in [0.2, 0.25) is 0 Å². The molecule has 0 fully saturated rings. The number of halogens is 3. The zero-order valence-corrected chi connectivity index (χ0v) is 13.6. The van der Waals surface area contributed by atoms with Crippen molar-refractivity contribution in [3.05, 3.63) is 54.5 Å². The Hall–Kier alpha value is -3.56. The molecular formula is C17H13F3N4O3. The first-order valence-corrected chi connectivity index (χ1v) is 7.67. The highest BCUT2D eigenvalue weighted by molar-refractivity contribution is 6.40. The van der Waals surface area contributed by atoms with Crippen LogP contribution in [-0.4, -0.2) is 28.1 Å². The maximum Gasteiger partial charge on any atom is 0.573 e. The summed E-state index contributed by atoms with van der Waals surface area (Å²) in [6.45, 7) is -0.142. The minimum Gasteiger partial charge on any atom is -0.406 e. The van der Waals surface area contributed by atoms with E-state index in [2.05, 4.69) is 25.3 Å². The minimum absolute atomic E-state index is 0.142. The van der Waals surface area contributed by atoms with Crippen LogP contribution in [0, 0.1) is 0 Å². The molecular weight excluding hydrogens is 365 g/mol. The Morgan fingerprint density at radius 1 is 1.19 bits per heavy atom. The molecule has 3 N–H and O–H groups in total. The number of H-pyrrole nitrogens is 1. The first-order chi connectivity index (χ1) is 12.8. The van der Waals surface area contributed by atoms with Crippen molar-refractivity contribution in [3.8, 4) is 5.75 Å². The van der Waals surface area contributed by atoms with Gasteiger partial charge in [-0.05, 0) is 23.8 Å². The molecule has 0 atom stereocenters. The predicted octanol–water partition coefficient (Wildman–Crippen LogP) is 2.72.